The number of rotatable bonds is 7. The number of ether oxygens (including phenoxy) is 3. The third kappa shape index (κ3) is 5.04. The first-order valence-electron chi connectivity index (χ1n) is 9.19. The van der Waals surface area contributed by atoms with Gasteiger partial charge in [0.2, 0.25) is 0 Å². The first kappa shape index (κ1) is 20.6. The van der Waals surface area contributed by atoms with Crippen LogP contribution in [-0.4, -0.2) is 51.3 Å². The van der Waals surface area contributed by atoms with E-state index in [1.165, 1.54) is 5.56 Å². The summed E-state index contributed by atoms with van der Waals surface area (Å²) in [4.78, 5) is 15.2. The molecule has 0 atom stereocenters. The highest BCUT2D eigenvalue weighted by atomic mass is 79.9. The Morgan fingerprint density at radius 2 is 1.86 bits per heavy atom. The van der Waals surface area contributed by atoms with Crippen molar-refractivity contribution in [3.05, 3.63) is 57.6 Å². The van der Waals surface area contributed by atoms with Crippen molar-refractivity contribution in [2.45, 2.75) is 13.1 Å². The maximum Gasteiger partial charge on any atom is 0.255 e. The molecule has 28 heavy (non-hydrogen) atoms. The minimum absolute atomic E-state index is 0.211. The van der Waals surface area contributed by atoms with Crippen LogP contribution < -0.4 is 14.8 Å². The summed E-state index contributed by atoms with van der Waals surface area (Å²) in [5.41, 5.74) is 2.74. The van der Waals surface area contributed by atoms with E-state index in [1.807, 2.05) is 12.1 Å². The van der Waals surface area contributed by atoms with Crippen LogP contribution in [0.4, 0.5) is 0 Å². The monoisotopic (exact) mass is 448 g/mol. The molecule has 0 bridgehead atoms. The van der Waals surface area contributed by atoms with E-state index in [2.05, 4.69) is 38.3 Å². The maximum atomic E-state index is 12.8. The summed E-state index contributed by atoms with van der Waals surface area (Å²) in [5, 5.41) is 3.01. The molecule has 0 unspecified atom stereocenters. The highest BCUT2D eigenvalue weighted by Gasteiger charge is 2.18. The Balaban J connectivity index is 1.72. The zero-order chi connectivity index (χ0) is 19.9. The van der Waals surface area contributed by atoms with Gasteiger partial charge in [0.1, 0.15) is 11.5 Å². The Morgan fingerprint density at radius 1 is 1.14 bits per heavy atom. The molecule has 1 heterocycles. The summed E-state index contributed by atoms with van der Waals surface area (Å²) < 4.78 is 16.8. The van der Waals surface area contributed by atoms with Crippen LogP contribution in [0.2, 0.25) is 0 Å². The quantitative estimate of drug-likeness (QED) is 0.704. The highest BCUT2D eigenvalue weighted by Crippen LogP contribution is 2.33. The molecular weight excluding hydrogens is 424 g/mol. The van der Waals surface area contributed by atoms with Crippen molar-refractivity contribution in [2.75, 3.05) is 40.5 Å². The molecule has 2 aromatic rings. The molecule has 0 saturated carbocycles. The highest BCUT2D eigenvalue weighted by molar-refractivity contribution is 9.10. The fourth-order valence-corrected chi connectivity index (χ4v) is 3.82. The lowest BCUT2D eigenvalue weighted by atomic mass is 10.1. The van der Waals surface area contributed by atoms with Crippen molar-refractivity contribution in [3.63, 3.8) is 0 Å². The largest absolute Gasteiger partial charge is 0.497 e. The van der Waals surface area contributed by atoms with Crippen LogP contribution in [0.3, 0.4) is 0 Å². The van der Waals surface area contributed by atoms with Gasteiger partial charge in [0.25, 0.3) is 5.91 Å². The molecule has 6 nitrogen and oxygen atoms in total. The Hall–Kier alpha value is -2.09. The van der Waals surface area contributed by atoms with Gasteiger partial charge in [0, 0.05) is 26.2 Å². The lowest BCUT2D eigenvalue weighted by Crippen LogP contribution is -2.36. The molecule has 7 heteroatoms. The number of hydrogen-bond acceptors (Lipinski definition) is 5. The Labute approximate surface area is 173 Å². The van der Waals surface area contributed by atoms with Crippen LogP contribution in [0.15, 0.2) is 40.9 Å². The zero-order valence-corrected chi connectivity index (χ0v) is 17.8. The van der Waals surface area contributed by atoms with Gasteiger partial charge in [-0.1, -0.05) is 24.3 Å². The third-order valence-corrected chi connectivity index (χ3v) is 5.35. The van der Waals surface area contributed by atoms with Crippen molar-refractivity contribution in [2.24, 2.45) is 0 Å². The van der Waals surface area contributed by atoms with Gasteiger partial charge in [-0.25, -0.2) is 0 Å². The molecule has 0 radical (unpaired) electrons. The van der Waals surface area contributed by atoms with Crippen molar-refractivity contribution < 1.29 is 19.0 Å². The molecule has 1 aliphatic rings. The summed E-state index contributed by atoms with van der Waals surface area (Å²) in [7, 11) is 3.11. The van der Waals surface area contributed by atoms with Crippen molar-refractivity contribution in [1.29, 1.82) is 0 Å². The van der Waals surface area contributed by atoms with Crippen molar-refractivity contribution >= 4 is 21.8 Å². The number of morpholine rings is 1. The lowest BCUT2D eigenvalue weighted by Gasteiger charge is -2.27. The second-order valence-corrected chi connectivity index (χ2v) is 7.38. The summed E-state index contributed by atoms with van der Waals surface area (Å²) in [5.74, 6) is 0.864. The second-order valence-electron chi connectivity index (χ2n) is 6.53. The van der Waals surface area contributed by atoms with E-state index in [1.54, 1.807) is 26.4 Å². The minimum Gasteiger partial charge on any atom is -0.497 e. The van der Waals surface area contributed by atoms with Gasteiger partial charge in [0.15, 0.2) is 0 Å². The van der Waals surface area contributed by atoms with Gasteiger partial charge in [-0.3, -0.25) is 9.69 Å². The molecule has 0 spiro atoms. The van der Waals surface area contributed by atoms with Gasteiger partial charge in [0.05, 0.1) is 37.5 Å². The molecule has 0 aromatic heterocycles. The van der Waals surface area contributed by atoms with Crippen LogP contribution >= 0.6 is 15.9 Å². The molecular formula is C21H25BrN2O4. The van der Waals surface area contributed by atoms with Gasteiger partial charge < -0.3 is 19.5 Å². The molecule has 1 aliphatic heterocycles. The topological polar surface area (TPSA) is 60.0 Å². The van der Waals surface area contributed by atoms with Crippen LogP contribution in [0, 0.1) is 0 Å². The van der Waals surface area contributed by atoms with Gasteiger partial charge in [-0.05, 0) is 39.2 Å². The molecule has 1 N–H and O–H groups in total. The Bertz CT molecular complexity index is 822. The standard InChI is InChI=1S/C21H25BrN2O4/c1-26-17-11-18(20(27-2)19(22)12-17)21(25)23-13-15-5-3-4-6-16(15)14-24-7-9-28-10-8-24/h3-6,11-12H,7-10,13-14H2,1-2H3,(H,23,25). The number of halogens is 1. The van der Waals surface area contributed by atoms with Crippen LogP contribution in [0.25, 0.3) is 0 Å². The number of methoxy groups -OCH3 is 2. The summed E-state index contributed by atoms with van der Waals surface area (Å²) in [6.07, 6.45) is 0. The molecule has 1 fully saturated rings. The number of hydrogen-bond donors (Lipinski definition) is 1. The first-order chi connectivity index (χ1) is 13.6. The Kier molecular flexibility index (Phi) is 7.30. The van der Waals surface area contributed by atoms with Gasteiger partial charge in [-0.15, -0.1) is 0 Å². The summed E-state index contributed by atoms with van der Waals surface area (Å²) in [6, 6.07) is 11.6. The number of nitrogens with zero attached hydrogens (tertiary/aromatic N) is 1. The zero-order valence-electron chi connectivity index (χ0n) is 16.2. The van der Waals surface area contributed by atoms with E-state index in [4.69, 9.17) is 14.2 Å². The number of carbonyl (C=O) groups is 1. The average Bonchev–Trinajstić information content (AvgIpc) is 2.73. The van der Waals surface area contributed by atoms with Crippen molar-refractivity contribution in [1.82, 2.24) is 10.2 Å². The molecule has 1 amide bonds. The van der Waals surface area contributed by atoms with Crippen LogP contribution in [0.5, 0.6) is 11.5 Å². The average molecular weight is 449 g/mol. The van der Waals surface area contributed by atoms with E-state index in [0.717, 1.165) is 38.4 Å². The van der Waals surface area contributed by atoms with E-state index < -0.39 is 0 Å². The number of nitrogens with one attached hydrogen (secondary N) is 1. The molecule has 2 aromatic carbocycles. The predicted octanol–water partition coefficient (Wildman–Crippen LogP) is 3.23. The molecule has 1 saturated heterocycles. The van der Waals surface area contributed by atoms with Crippen molar-refractivity contribution in [3.8, 4) is 11.5 Å². The number of carbonyl (C=O) groups excluding carboxylic acids is 1. The fraction of sp³-hybridized carbons (Fsp3) is 0.381. The number of benzene rings is 2. The van der Waals surface area contributed by atoms with Crippen LogP contribution in [-0.2, 0) is 17.8 Å². The van der Waals surface area contributed by atoms with E-state index >= 15 is 0 Å². The van der Waals surface area contributed by atoms with Gasteiger partial charge >= 0.3 is 0 Å². The second kappa shape index (κ2) is 9.91. The Morgan fingerprint density at radius 3 is 2.54 bits per heavy atom. The molecule has 3 rings (SSSR count). The third-order valence-electron chi connectivity index (χ3n) is 4.76. The van der Waals surface area contributed by atoms with E-state index in [9.17, 15) is 4.79 Å². The molecule has 150 valence electrons. The molecule has 0 aliphatic carbocycles. The predicted molar refractivity (Wildman–Crippen MR) is 111 cm³/mol. The maximum absolute atomic E-state index is 12.8. The van der Waals surface area contributed by atoms with E-state index in [0.29, 0.717) is 28.1 Å². The van der Waals surface area contributed by atoms with E-state index in [-0.39, 0.29) is 5.91 Å². The lowest BCUT2D eigenvalue weighted by molar-refractivity contribution is 0.0340. The SMILES string of the molecule is COc1cc(Br)c(OC)c(C(=O)NCc2ccccc2CN2CCOCC2)c1. The summed E-state index contributed by atoms with van der Waals surface area (Å²) in [6.45, 7) is 4.68. The number of amides is 1. The normalized spacial score (nSPS) is 14.5. The first-order valence-corrected chi connectivity index (χ1v) is 9.98. The van der Waals surface area contributed by atoms with Crippen LogP contribution in [0.1, 0.15) is 21.5 Å². The fourth-order valence-electron chi connectivity index (χ4n) is 3.22. The summed E-state index contributed by atoms with van der Waals surface area (Å²) >= 11 is 3.43. The smallest absolute Gasteiger partial charge is 0.255 e. The minimum atomic E-state index is -0.211. The van der Waals surface area contributed by atoms with Gasteiger partial charge in [-0.2, -0.15) is 0 Å².